The smallest absolute Gasteiger partial charge is 0.428 e. The van der Waals surface area contributed by atoms with Crippen LogP contribution in [0.4, 0.5) is 4.79 Å². The molecule has 0 bridgehead atoms. The van der Waals surface area contributed by atoms with Crippen molar-refractivity contribution in [3.8, 4) is 5.75 Å². The minimum atomic E-state index is -0.875. The van der Waals surface area contributed by atoms with Crippen LogP contribution in [0, 0.1) is 0 Å². The maximum Gasteiger partial charge on any atom is 0.428 e. The number of benzene rings is 1. The molecule has 1 aromatic carbocycles. The highest BCUT2D eigenvalue weighted by atomic mass is 16.7. The second-order valence-electron chi connectivity index (χ2n) is 2.95. The number of fused-ring (bicyclic) bond motifs is 1. The number of para-hydroxylation sites is 1. The van der Waals surface area contributed by atoms with Gasteiger partial charge in [-0.25, -0.2) is 10.3 Å². The van der Waals surface area contributed by atoms with Gasteiger partial charge < -0.3 is 15.3 Å². The van der Waals surface area contributed by atoms with Gasteiger partial charge in [-0.2, -0.15) is 0 Å². The van der Waals surface area contributed by atoms with Gasteiger partial charge in [0, 0.05) is 5.56 Å². The Labute approximate surface area is 86.4 Å². The number of hydrogen-bond donors (Lipinski definition) is 2. The molecule has 5 nitrogen and oxygen atoms in total. The number of rotatable bonds is 2. The van der Waals surface area contributed by atoms with Crippen molar-refractivity contribution in [2.24, 2.45) is 5.73 Å². The number of primary amides is 1. The van der Waals surface area contributed by atoms with Crippen LogP contribution in [0.1, 0.15) is 5.56 Å². The Balaban J connectivity index is 2.19. The van der Waals surface area contributed by atoms with Crippen molar-refractivity contribution in [2.75, 3.05) is 6.61 Å². The quantitative estimate of drug-likeness (QED) is 0.708. The molecule has 78 valence electrons. The van der Waals surface area contributed by atoms with Crippen molar-refractivity contribution in [2.45, 2.75) is 0 Å². The normalized spacial score (nSPS) is 13.2. The lowest BCUT2D eigenvalue weighted by Crippen LogP contribution is -2.25. The number of amides is 1. The van der Waals surface area contributed by atoms with Crippen molar-refractivity contribution >= 4 is 11.8 Å². The third kappa shape index (κ3) is 2.01. The molecule has 0 radical (unpaired) electrons. The number of hydrogen-bond acceptors (Lipinski definition) is 4. The first-order valence-corrected chi connectivity index (χ1v) is 4.42. The molecule has 1 aromatic rings. The molecule has 1 aliphatic heterocycles. The second-order valence-corrected chi connectivity index (χ2v) is 2.95. The number of nitrogens with one attached hydrogen (secondary N) is 1. The van der Waals surface area contributed by atoms with Crippen molar-refractivity contribution in [3.05, 3.63) is 35.9 Å². The maximum atomic E-state index is 10.4. The van der Waals surface area contributed by atoms with Gasteiger partial charge in [-0.3, -0.25) is 0 Å². The zero-order chi connectivity index (χ0) is 10.7. The third-order valence-electron chi connectivity index (χ3n) is 1.97. The van der Waals surface area contributed by atoms with E-state index in [4.69, 9.17) is 10.5 Å². The average Bonchev–Trinajstić information content (AvgIpc) is 2.26. The summed E-state index contributed by atoms with van der Waals surface area (Å²) in [6, 6.07) is 7.44. The Morgan fingerprint density at radius 2 is 2.27 bits per heavy atom. The molecular weight excluding hydrogens is 196 g/mol. The van der Waals surface area contributed by atoms with Crippen molar-refractivity contribution in [1.29, 1.82) is 0 Å². The molecule has 5 heteroatoms. The van der Waals surface area contributed by atoms with Gasteiger partial charge in [0.1, 0.15) is 12.4 Å². The molecule has 3 N–H and O–H groups in total. The zero-order valence-corrected chi connectivity index (χ0v) is 7.90. The Kier molecular flexibility index (Phi) is 2.45. The molecular formula is C10H10N2O3. The average molecular weight is 206 g/mol. The summed E-state index contributed by atoms with van der Waals surface area (Å²) in [6.07, 6.45) is 0.894. The zero-order valence-electron chi connectivity index (χ0n) is 7.90. The fourth-order valence-electron chi connectivity index (χ4n) is 1.34. The van der Waals surface area contributed by atoms with E-state index >= 15 is 0 Å². The molecule has 0 fully saturated rings. The van der Waals surface area contributed by atoms with Gasteiger partial charge in [0.05, 0.1) is 5.70 Å². The van der Waals surface area contributed by atoms with Crippen LogP contribution in [0.15, 0.2) is 30.3 Å². The number of ether oxygens (including phenoxy) is 1. The first-order chi connectivity index (χ1) is 7.27. The SMILES string of the molecule is NC(=O)ONC1=CCOc2ccccc21. The van der Waals surface area contributed by atoms with Gasteiger partial charge in [-0.05, 0) is 18.2 Å². The lowest BCUT2D eigenvalue weighted by Gasteiger charge is -2.18. The molecule has 0 saturated carbocycles. The molecule has 0 atom stereocenters. The maximum absolute atomic E-state index is 10.4. The minimum Gasteiger partial charge on any atom is -0.489 e. The standard InChI is InChI=1S/C10H10N2O3/c11-10(13)15-12-8-5-6-14-9-4-2-1-3-7(8)9/h1-5,12H,6H2,(H2,11,13). The second kappa shape index (κ2) is 3.91. The predicted octanol–water partition coefficient (Wildman–Crippen LogP) is 1.02. The van der Waals surface area contributed by atoms with E-state index in [1.165, 1.54) is 0 Å². The lowest BCUT2D eigenvalue weighted by molar-refractivity contribution is 0.125. The molecule has 1 amide bonds. The summed E-state index contributed by atoms with van der Waals surface area (Å²) in [7, 11) is 0. The van der Waals surface area contributed by atoms with Gasteiger partial charge >= 0.3 is 6.09 Å². The molecule has 0 saturated heterocycles. The summed E-state index contributed by atoms with van der Waals surface area (Å²) in [4.78, 5) is 14.9. The molecule has 0 unspecified atom stereocenters. The predicted molar refractivity (Wildman–Crippen MR) is 53.7 cm³/mol. The fraction of sp³-hybridized carbons (Fsp3) is 0.100. The largest absolute Gasteiger partial charge is 0.489 e. The van der Waals surface area contributed by atoms with Gasteiger partial charge in [0.25, 0.3) is 0 Å². The molecule has 0 aromatic heterocycles. The van der Waals surface area contributed by atoms with Crippen molar-refractivity contribution in [1.82, 2.24) is 5.48 Å². The van der Waals surface area contributed by atoms with E-state index in [1.807, 2.05) is 24.3 Å². The number of hydroxylamine groups is 1. The molecule has 15 heavy (non-hydrogen) atoms. The molecule has 1 heterocycles. The topological polar surface area (TPSA) is 73.6 Å². The Morgan fingerprint density at radius 3 is 3.07 bits per heavy atom. The van der Waals surface area contributed by atoms with Crippen LogP contribution in [-0.4, -0.2) is 12.7 Å². The van der Waals surface area contributed by atoms with E-state index in [0.29, 0.717) is 12.3 Å². The van der Waals surface area contributed by atoms with E-state index in [0.717, 1.165) is 11.3 Å². The summed E-state index contributed by atoms with van der Waals surface area (Å²) in [5.74, 6) is 0.746. The molecule has 0 spiro atoms. The number of carbonyl (C=O) groups excluding carboxylic acids is 1. The van der Waals surface area contributed by atoms with E-state index in [-0.39, 0.29) is 0 Å². The van der Waals surface area contributed by atoms with Gasteiger partial charge in [-0.1, -0.05) is 12.1 Å². The lowest BCUT2D eigenvalue weighted by atomic mass is 10.1. The summed E-state index contributed by atoms with van der Waals surface area (Å²) in [5, 5.41) is 0. The van der Waals surface area contributed by atoms with Crippen LogP contribution in [0.25, 0.3) is 5.70 Å². The van der Waals surface area contributed by atoms with Gasteiger partial charge in [0.15, 0.2) is 0 Å². The van der Waals surface area contributed by atoms with Crippen LogP contribution in [0.5, 0.6) is 5.75 Å². The molecule has 1 aliphatic rings. The molecule has 2 rings (SSSR count). The van der Waals surface area contributed by atoms with Crippen LogP contribution in [0.2, 0.25) is 0 Å². The van der Waals surface area contributed by atoms with E-state index in [9.17, 15) is 4.79 Å². The van der Waals surface area contributed by atoms with Crippen molar-refractivity contribution in [3.63, 3.8) is 0 Å². The summed E-state index contributed by atoms with van der Waals surface area (Å²) in [5.41, 5.74) is 8.85. The van der Waals surface area contributed by atoms with E-state index in [2.05, 4.69) is 10.3 Å². The highest BCUT2D eigenvalue weighted by Crippen LogP contribution is 2.27. The monoisotopic (exact) mass is 206 g/mol. The Bertz CT molecular complexity index is 415. The van der Waals surface area contributed by atoms with E-state index in [1.54, 1.807) is 6.08 Å². The minimum absolute atomic E-state index is 0.432. The summed E-state index contributed by atoms with van der Waals surface area (Å²) in [6.45, 7) is 0.432. The van der Waals surface area contributed by atoms with Gasteiger partial charge in [0.2, 0.25) is 0 Å². The van der Waals surface area contributed by atoms with Crippen LogP contribution >= 0.6 is 0 Å². The van der Waals surface area contributed by atoms with Gasteiger partial charge in [-0.15, -0.1) is 0 Å². The highest BCUT2D eigenvalue weighted by Gasteiger charge is 2.13. The Morgan fingerprint density at radius 1 is 1.47 bits per heavy atom. The fourth-order valence-corrected chi connectivity index (χ4v) is 1.34. The summed E-state index contributed by atoms with van der Waals surface area (Å²) >= 11 is 0. The van der Waals surface area contributed by atoms with Crippen LogP contribution < -0.4 is 16.0 Å². The third-order valence-corrected chi connectivity index (χ3v) is 1.97. The molecule has 0 aliphatic carbocycles. The summed E-state index contributed by atoms with van der Waals surface area (Å²) < 4.78 is 5.37. The van der Waals surface area contributed by atoms with Crippen LogP contribution in [0.3, 0.4) is 0 Å². The number of carbonyl (C=O) groups is 1. The highest BCUT2D eigenvalue weighted by molar-refractivity contribution is 5.72. The first kappa shape index (κ1) is 9.39. The number of nitrogens with two attached hydrogens (primary N) is 1. The van der Waals surface area contributed by atoms with E-state index < -0.39 is 6.09 Å². The van der Waals surface area contributed by atoms with Crippen molar-refractivity contribution < 1.29 is 14.4 Å². The first-order valence-electron chi connectivity index (χ1n) is 4.42. The van der Waals surface area contributed by atoms with Crippen LogP contribution in [-0.2, 0) is 4.84 Å². The Hall–Kier alpha value is -2.17.